The van der Waals surface area contributed by atoms with Gasteiger partial charge in [0, 0.05) is 32.2 Å². The third kappa shape index (κ3) is 5.69. The number of aliphatic hydroxyl groups excluding tert-OH is 1. The second-order valence-corrected chi connectivity index (χ2v) is 6.06. The molecule has 2 N–H and O–H groups in total. The molecule has 0 bridgehead atoms. The number of ether oxygens (including phenoxy) is 1. The lowest BCUT2D eigenvalue weighted by Gasteiger charge is -2.33. The first-order chi connectivity index (χ1) is 12.2. The summed E-state index contributed by atoms with van der Waals surface area (Å²) >= 11 is 0. The van der Waals surface area contributed by atoms with Crippen LogP contribution in [-0.4, -0.2) is 56.8 Å². The summed E-state index contributed by atoms with van der Waals surface area (Å²) < 4.78 is 7.11. The van der Waals surface area contributed by atoms with Crippen LogP contribution in [0.3, 0.4) is 0 Å². The molecule has 2 aromatic rings. The number of hydrogen-bond donors (Lipinski definition) is 2. The lowest BCUT2D eigenvalue weighted by atomic mass is 10.1. The smallest absolute Gasteiger partial charge is 0.410 e. The van der Waals surface area contributed by atoms with Crippen molar-refractivity contribution in [2.24, 2.45) is 0 Å². The van der Waals surface area contributed by atoms with Crippen molar-refractivity contribution in [1.82, 2.24) is 25.2 Å². The van der Waals surface area contributed by atoms with E-state index in [4.69, 9.17) is 9.84 Å². The molecule has 26 heavy (non-hydrogen) atoms. The van der Waals surface area contributed by atoms with Crippen LogP contribution in [-0.2, 0) is 24.5 Å². The molecule has 0 saturated carbocycles. The molecule has 8 nitrogen and oxygen atoms in total. The van der Waals surface area contributed by atoms with Crippen molar-refractivity contribution in [3.05, 3.63) is 47.8 Å². The van der Waals surface area contributed by atoms with Crippen LogP contribution in [0, 0.1) is 0 Å². The highest BCUT2D eigenvalue weighted by Crippen LogP contribution is 2.08. The van der Waals surface area contributed by atoms with Gasteiger partial charge in [0.2, 0.25) is 0 Å². The molecule has 1 atom stereocenters. The normalized spacial score (nSPS) is 16.8. The van der Waals surface area contributed by atoms with Gasteiger partial charge in [0.15, 0.2) is 0 Å². The van der Waals surface area contributed by atoms with Crippen LogP contribution in [0.15, 0.2) is 36.5 Å². The summed E-state index contributed by atoms with van der Waals surface area (Å²) in [5.41, 5.74) is 1.54. The molecule has 0 unspecified atom stereocenters. The van der Waals surface area contributed by atoms with Crippen LogP contribution in [0.4, 0.5) is 4.79 Å². The lowest BCUT2D eigenvalue weighted by molar-refractivity contribution is 0.0837. The van der Waals surface area contributed by atoms with Gasteiger partial charge in [-0.1, -0.05) is 35.5 Å². The Morgan fingerprint density at radius 2 is 2.15 bits per heavy atom. The predicted octanol–water partition coefficient (Wildman–Crippen LogP) is 1.19. The van der Waals surface area contributed by atoms with Gasteiger partial charge >= 0.3 is 6.09 Å². The standard InChI is InChI=1S/C17H23N5O3.ClH/c23-12-16-11-22(20-19-16)8-6-15-10-21(9-7-18-15)17(24)25-13-14-4-2-1-3-5-14;/h1-5,11,15,18,23H,6-10,12-13H2;1H/t15-;/m1./s1. The van der Waals surface area contributed by atoms with Gasteiger partial charge in [0.05, 0.1) is 12.8 Å². The number of hydrogen-bond acceptors (Lipinski definition) is 6. The summed E-state index contributed by atoms with van der Waals surface area (Å²) in [5, 5.41) is 20.2. The van der Waals surface area contributed by atoms with Gasteiger partial charge in [0.25, 0.3) is 0 Å². The monoisotopic (exact) mass is 381 g/mol. The first-order valence-electron chi connectivity index (χ1n) is 8.43. The summed E-state index contributed by atoms with van der Waals surface area (Å²) in [4.78, 5) is 14.0. The van der Waals surface area contributed by atoms with Crippen LogP contribution in [0.2, 0.25) is 0 Å². The number of carbonyl (C=O) groups excluding carboxylic acids is 1. The minimum Gasteiger partial charge on any atom is -0.445 e. The van der Waals surface area contributed by atoms with Crippen molar-refractivity contribution in [2.75, 3.05) is 19.6 Å². The van der Waals surface area contributed by atoms with E-state index in [2.05, 4.69) is 15.6 Å². The van der Waals surface area contributed by atoms with E-state index in [0.717, 1.165) is 18.5 Å². The van der Waals surface area contributed by atoms with E-state index in [1.807, 2.05) is 30.3 Å². The summed E-state index contributed by atoms with van der Waals surface area (Å²) in [6.45, 7) is 2.85. The van der Waals surface area contributed by atoms with Gasteiger partial charge in [0.1, 0.15) is 12.3 Å². The number of aliphatic hydroxyl groups is 1. The zero-order valence-electron chi connectivity index (χ0n) is 14.5. The Balaban J connectivity index is 0.00000243. The molecule has 1 fully saturated rings. The van der Waals surface area contributed by atoms with Crippen molar-refractivity contribution >= 4 is 18.5 Å². The van der Waals surface area contributed by atoms with Crippen LogP contribution in [0.25, 0.3) is 0 Å². The number of aromatic nitrogens is 3. The molecular formula is C17H24ClN5O3. The Labute approximate surface area is 158 Å². The minimum absolute atomic E-state index is 0. The molecule has 0 spiro atoms. The van der Waals surface area contributed by atoms with Crippen molar-refractivity contribution in [3.8, 4) is 0 Å². The SMILES string of the molecule is Cl.O=C(OCc1ccccc1)N1CCN[C@H](CCn2cc(CO)nn2)C1. The van der Waals surface area contributed by atoms with E-state index in [-0.39, 0.29) is 37.8 Å². The third-order valence-corrected chi connectivity index (χ3v) is 4.17. The third-order valence-electron chi connectivity index (χ3n) is 4.17. The number of rotatable bonds is 6. The number of nitrogens with one attached hydrogen (secondary N) is 1. The summed E-state index contributed by atoms with van der Waals surface area (Å²) in [6, 6.07) is 9.84. The molecule has 142 valence electrons. The average molecular weight is 382 g/mol. The number of nitrogens with zero attached hydrogens (tertiary/aromatic N) is 4. The van der Waals surface area contributed by atoms with Gasteiger partial charge < -0.3 is 20.1 Å². The first-order valence-corrected chi connectivity index (χ1v) is 8.43. The summed E-state index contributed by atoms with van der Waals surface area (Å²) in [6.07, 6.45) is 2.27. The molecule has 1 aromatic carbocycles. The molecule has 1 saturated heterocycles. The Bertz CT molecular complexity index is 682. The highest BCUT2D eigenvalue weighted by Gasteiger charge is 2.24. The quantitative estimate of drug-likeness (QED) is 0.781. The van der Waals surface area contributed by atoms with Gasteiger partial charge in [-0.3, -0.25) is 4.68 Å². The fourth-order valence-electron chi connectivity index (χ4n) is 2.80. The Kier molecular flexibility index (Phi) is 7.83. The molecule has 3 rings (SSSR count). The number of aryl methyl sites for hydroxylation is 1. The Morgan fingerprint density at radius 3 is 2.88 bits per heavy atom. The van der Waals surface area contributed by atoms with Crippen molar-refractivity contribution in [3.63, 3.8) is 0 Å². The fraction of sp³-hybridized carbons (Fsp3) is 0.471. The van der Waals surface area contributed by atoms with Gasteiger partial charge in [-0.15, -0.1) is 17.5 Å². The van der Waals surface area contributed by atoms with E-state index in [9.17, 15) is 4.79 Å². The number of carbonyl (C=O) groups is 1. The Morgan fingerprint density at radius 1 is 1.35 bits per heavy atom. The lowest BCUT2D eigenvalue weighted by Crippen LogP contribution is -2.52. The van der Waals surface area contributed by atoms with Crippen LogP contribution in [0.5, 0.6) is 0 Å². The maximum absolute atomic E-state index is 12.3. The van der Waals surface area contributed by atoms with Crippen LogP contribution < -0.4 is 5.32 Å². The zero-order valence-corrected chi connectivity index (χ0v) is 15.3. The van der Waals surface area contributed by atoms with E-state index >= 15 is 0 Å². The number of piperazine rings is 1. The van der Waals surface area contributed by atoms with Gasteiger partial charge in [-0.25, -0.2) is 4.79 Å². The van der Waals surface area contributed by atoms with Crippen molar-refractivity contribution < 1.29 is 14.6 Å². The van der Waals surface area contributed by atoms with Crippen molar-refractivity contribution in [2.45, 2.75) is 32.2 Å². The molecule has 1 aliphatic rings. The molecule has 1 aliphatic heterocycles. The van der Waals surface area contributed by atoms with Crippen LogP contribution in [0.1, 0.15) is 17.7 Å². The molecule has 1 aromatic heterocycles. The number of benzene rings is 1. The number of halogens is 1. The molecular weight excluding hydrogens is 358 g/mol. The van der Waals surface area contributed by atoms with E-state index in [1.54, 1.807) is 15.8 Å². The molecule has 9 heteroatoms. The van der Waals surface area contributed by atoms with E-state index < -0.39 is 0 Å². The molecule has 2 heterocycles. The second kappa shape index (κ2) is 10.1. The van der Waals surface area contributed by atoms with Crippen molar-refractivity contribution in [1.29, 1.82) is 0 Å². The largest absolute Gasteiger partial charge is 0.445 e. The van der Waals surface area contributed by atoms with Gasteiger partial charge in [-0.2, -0.15) is 0 Å². The molecule has 0 aliphatic carbocycles. The molecule has 1 amide bonds. The maximum atomic E-state index is 12.3. The summed E-state index contributed by atoms with van der Waals surface area (Å²) in [7, 11) is 0. The Hall–Kier alpha value is -2.16. The highest BCUT2D eigenvalue weighted by molar-refractivity contribution is 5.85. The first kappa shape index (κ1) is 20.2. The predicted molar refractivity (Wildman–Crippen MR) is 97.8 cm³/mol. The van der Waals surface area contributed by atoms with Gasteiger partial charge in [-0.05, 0) is 12.0 Å². The fourth-order valence-corrected chi connectivity index (χ4v) is 2.80. The minimum atomic E-state index is -0.279. The van der Waals surface area contributed by atoms with E-state index in [0.29, 0.717) is 25.3 Å². The second-order valence-electron chi connectivity index (χ2n) is 6.06. The topological polar surface area (TPSA) is 92.5 Å². The van der Waals surface area contributed by atoms with E-state index in [1.165, 1.54) is 0 Å². The molecule has 0 radical (unpaired) electrons. The maximum Gasteiger partial charge on any atom is 0.410 e. The summed E-state index contributed by atoms with van der Waals surface area (Å²) in [5.74, 6) is 0. The zero-order chi connectivity index (χ0) is 17.5. The average Bonchev–Trinajstić information content (AvgIpc) is 3.14. The van der Waals surface area contributed by atoms with Crippen LogP contribution >= 0.6 is 12.4 Å². The highest BCUT2D eigenvalue weighted by atomic mass is 35.5. The number of amides is 1.